The summed E-state index contributed by atoms with van der Waals surface area (Å²) in [7, 11) is 0. The number of rotatable bonds is 12. The molecule has 1 rings (SSSR count). The lowest BCUT2D eigenvalue weighted by atomic mass is 10.00. The van der Waals surface area contributed by atoms with Gasteiger partial charge in [0.25, 0.3) is 0 Å². The molecule has 186 valence electrons. The van der Waals surface area contributed by atoms with Crippen molar-refractivity contribution in [3.05, 3.63) is 60.7 Å². The number of nitrogens with zero attached hydrogens (tertiary/aromatic N) is 2. The van der Waals surface area contributed by atoms with Gasteiger partial charge in [-0.15, -0.1) is 13.2 Å². The normalized spacial score (nSPS) is 13.1. The molecule has 0 bridgehead atoms. The molecular weight excluding hydrogens is 412 g/mol. The summed E-state index contributed by atoms with van der Waals surface area (Å²) >= 11 is 0. The van der Waals surface area contributed by atoms with Crippen LogP contribution >= 0.6 is 0 Å². The van der Waals surface area contributed by atoms with Gasteiger partial charge in [0.05, 0.1) is 12.1 Å². The Morgan fingerprint density at radius 3 is 1.21 bits per heavy atom. The van der Waals surface area contributed by atoms with E-state index in [0.717, 1.165) is 37.3 Å². The maximum absolute atomic E-state index is 3.94. The Hall–Kier alpha value is -2.26. The molecule has 0 fully saturated rings. The highest BCUT2D eigenvalue weighted by Gasteiger charge is 2.20. The second-order valence-electron chi connectivity index (χ2n) is 10.8. The summed E-state index contributed by atoms with van der Waals surface area (Å²) in [6, 6.07) is 8.79. The largest absolute Gasteiger partial charge is 0.286 e. The van der Waals surface area contributed by atoms with Crippen molar-refractivity contribution in [3.8, 4) is 23.7 Å². The molecule has 34 heavy (non-hydrogen) atoms. The van der Waals surface area contributed by atoms with Gasteiger partial charge in [0.2, 0.25) is 0 Å². The first-order chi connectivity index (χ1) is 16.1. The lowest BCUT2D eigenvalue weighted by molar-refractivity contribution is 0.195. The Kier molecular flexibility index (Phi) is 13.7. The Labute approximate surface area is 211 Å². The van der Waals surface area contributed by atoms with Crippen LogP contribution < -0.4 is 0 Å². The van der Waals surface area contributed by atoms with E-state index in [-0.39, 0.29) is 12.1 Å². The summed E-state index contributed by atoms with van der Waals surface area (Å²) in [6.45, 7) is 29.6. The van der Waals surface area contributed by atoms with E-state index in [1.165, 1.54) is 0 Å². The zero-order valence-corrected chi connectivity index (χ0v) is 23.1. The van der Waals surface area contributed by atoms with Crippen molar-refractivity contribution in [3.63, 3.8) is 0 Å². The predicted molar refractivity (Wildman–Crippen MR) is 151 cm³/mol. The van der Waals surface area contributed by atoms with Gasteiger partial charge in [-0.2, -0.15) is 0 Å². The van der Waals surface area contributed by atoms with E-state index in [1.807, 2.05) is 12.2 Å². The quantitative estimate of drug-likeness (QED) is 0.252. The van der Waals surface area contributed by atoms with E-state index in [1.54, 1.807) is 0 Å². The molecule has 0 radical (unpaired) electrons. The van der Waals surface area contributed by atoms with Gasteiger partial charge in [-0.1, -0.05) is 91.2 Å². The van der Waals surface area contributed by atoms with E-state index in [4.69, 9.17) is 0 Å². The highest BCUT2D eigenvalue weighted by Crippen LogP contribution is 2.15. The van der Waals surface area contributed by atoms with E-state index < -0.39 is 0 Å². The third-order valence-electron chi connectivity index (χ3n) is 5.59. The van der Waals surface area contributed by atoms with E-state index in [2.05, 4.69) is 126 Å². The minimum Gasteiger partial charge on any atom is -0.286 e. The first kappa shape index (κ1) is 29.8. The second kappa shape index (κ2) is 15.6. The molecule has 0 amide bonds. The summed E-state index contributed by atoms with van der Waals surface area (Å²) in [5.74, 6) is 16.0. The molecular formula is C32H48N2. The smallest absolute Gasteiger partial charge is 0.0744 e. The van der Waals surface area contributed by atoms with Crippen molar-refractivity contribution < 1.29 is 0 Å². The summed E-state index contributed by atoms with van der Waals surface area (Å²) in [6.07, 6.45) is 3.96. The average Bonchev–Trinajstić information content (AvgIpc) is 2.74. The molecule has 0 heterocycles. The summed E-state index contributed by atoms with van der Waals surface area (Å²) in [5, 5.41) is 0. The molecule has 0 aliphatic heterocycles. The molecule has 0 aromatic heterocycles. The Bertz CT molecular complexity index is 779. The Morgan fingerprint density at radius 2 is 0.971 bits per heavy atom. The average molecular weight is 461 g/mol. The monoisotopic (exact) mass is 460 g/mol. The minimum atomic E-state index is 0.212. The van der Waals surface area contributed by atoms with Crippen molar-refractivity contribution in [1.82, 2.24) is 9.80 Å². The fourth-order valence-electron chi connectivity index (χ4n) is 4.18. The molecule has 0 aliphatic carbocycles. The van der Waals surface area contributed by atoms with Crippen LogP contribution in [0.15, 0.2) is 49.6 Å². The van der Waals surface area contributed by atoms with Crippen LogP contribution in [0.25, 0.3) is 0 Å². The van der Waals surface area contributed by atoms with Gasteiger partial charge in [-0.05, 0) is 47.9 Å². The molecule has 2 unspecified atom stereocenters. The third-order valence-corrected chi connectivity index (χ3v) is 5.59. The Balaban J connectivity index is 3.07. The zero-order chi connectivity index (χ0) is 25.7. The fourth-order valence-corrected chi connectivity index (χ4v) is 4.18. The van der Waals surface area contributed by atoms with Crippen LogP contribution in [0, 0.1) is 47.4 Å². The van der Waals surface area contributed by atoms with Gasteiger partial charge in [0.1, 0.15) is 0 Å². The van der Waals surface area contributed by atoms with Gasteiger partial charge in [-0.3, -0.25) is 9.80 Å². The van der Waals surface area contributed by atoms with E-state index in [9.17, 15) is 0 Å². The van der Waals surface area contributed by atoms with Gasteiger partial charge < -0.3 is 0 Å². The highest BCUT2D eigenvalue weighted by molar-refractivity contribution is 5.43. The van der Waals surface area contributed by atoms with Crippen molar-refractivity contribution in [2.24, 2.45) is 23.7 Å². The van der Waals surface area contributed by atoms with Crippen molar-refractivity contribution in [2.75, 3.05) is 26.2 Å². The molecule has 0 aliphatic rings. The van der Waals surface area contributed by atoms with Crippen LogP contribution in [0.4, 0.5) is 0 Å². The van der Waals surface area contributed by atoms with Crippen molar-refractivity contribution in [1.29, 1.82) is 0 Å². The summed E-state index contributed by atoms with van der Waals surface area (Å²) < 4.78 is 0. The SMILES string of the molecule is C=CCN(CC(C)C)C(C#Cc1ccc(C#CC(C(C)C)N(CC=C)CC(C)C)cc1)C(C)C. The molecule has 0 saturated heterocycles. The van der Waals surface area contributed by atoms with Gasteiger partial charge in [-0.25, -0.2) is 0 Å². The first-order valence-corrected chi connectivity index (χ1v) is 12.9. The van der Waals surface area contributed by atoms with E-state index in [0.29, 0.717) is 23.7 Å². The molecule has 2 atom stereocenters. The summed E-state index contributed by atoms with van der Waals surface area (Å²) in [4.78, 5) is 4.88. The first-order valence-electron chi connectivity index (χ1n) is 12.9. The number of hydrogen-bond donors (Lipinski definition) is 0. The van der Waals surface area contributed by atoms with Crippen LogP contribution in [0.1, 0.15) is 66.5 Å². The van der Waals surface area contributed by atoms with Crippen molar-refractivity contribution >= 4 is 0 Å². The topological polar surface area (TPSA) is 6.48 Å². The molecule has 0 spiro atoms. The molecule has 0 N–H and O–H groups in total. The van der Waals surface area contributed by atoms with Crippen LogP contribution in [-0.4, -0.2) is 48.1 Å². The van der Waals surface area contributed by atoms with Gasteiger partial charge >= 0.3 is 0 Å². The molecule has 2 heteroatoms. The van der Waals surface area contributed by atoms with Crippen molar-refractivity contribution in [2.45, 2.75) is 67.5 Å². The minimum absolute atomic E-state index is 0.212. The third kappa shape index (κ3) is 10.8. The lowest BCUT2D eigenvalue weighted by Crippen LogP contribution is -2.40. The predicted octanol–water partition coefficient (Wildman–Crippen LogP) is 6.73. The van der Waals surface area contributed by atoms with Gasteiger partial charge in [0.15, 0.2) is 0 Å². The van der Waals surface area contributed by atoms with Crippen LogP contribution in [0.5, 0.6) is 0 Å². The maximum atomic E-state index is 3.94. The lowest BCUT2D eigenvalue weighted by Gasteiger charge is -2.31. The van der Waals surface area contributed by atoms with E-state index >= 15 is 0 Å². The number of benzene rings is 1. The highest BCUT2D eigenvalue weighted by atomic mass is 15.2. The number of hydrogen-bond acceptors (Lipinski definition) is 2. The molecule has 1 aromatic carbocycles. The molecule has 1 aromatic rings. The second-order valence-corrected chi connectivity index (χ2v) is 10.8. The van der Waals surface area contributed by atoms with Gasteiger partial charge in [0, 0.05) is 37.3 Å². The van der Waals surface area contributed by atoms with Crippen LogP contribution in [-0.2, 0) is 0 Å². The Morgan fingerprint density at radius 1 is 0.647 bits per heavy atom. The van der Waals surface area contributed by atoms with Crippen LogP contribution in [0.3, 0.4) is 0 Å². The standard InChI is InChI=1S/C32H48N2/c1-11-21-33(23-25(3)4)31(27(7)8)19-17-29-13-15-30(16-14-29)18-20-32(28(9)10)34(22-12-2)24-26(5)6/h11-16,25-28,31-32H,1-2,21-24H2,3-10H3. The summed E-state index contributed by atoms with van der Waals surface area (Å²) in [5.41, 5.74) is 2.07. The van der Waals surface area contributed by atoms with Crippen LogP contribution in [0.2, 0.25) is 0 Å². The molecule has 2 nitrogen and oxygen atoms in total. The molecule has 0 saturated carbocycles. The fraction of sp³-hybridized carbons (Fsp3) is 0.562. The maximum Gasteiger partial charge on any atom is 0.0744 e. The zero-order valence-electron chi connectivity index (χ0n) is 23.1.